The van der Waals surface area contributed by atoms with Gasteiger partial charge in [-0.25, -0.2) is 0 Å². The standard InChI is InChI=1S/C9H17NO/c1-8-2-3-9(11-8)4-6-10-7-5-9/h8,10H,2-7H2,1H3/t8-/m0/s1. The van der Waals surface area contributed by atoms with E-state index in [9.17, 15) is 0 Å². The number of ether oxygens (including phenoxy) is 1. The average Bonchev–Trinajstić information content (AvgIpc) is 2.34. The Labute approximate surface area is 68.3 Å². The number of nitrogens with one attached hydrogen (secondary N) is 1. The van der Waals surface area contributed by atoms with E-state index in [0.29, 0.717) is 6.10 Å². The van der Waals surface area contributed by atoms with Crippen LogP contribution in [0.4, 0.5) is 0 Å². The maximum absolute atomic E-state index is 5.95. The van der Waals surface area contributed by atoms with E-state index in [1.54, 1.807) is 0 Å². The van der Waals surface area contributed by atoms with Crippen molar-refractivity contribution in [2.24, 2.45) is 0 Å². The van der Waals surface area contributed by atoms with Crippen LogP contribution in [0.1, 0.15) is 32.6 Å². The highest BCUT2D eigenvalue weighted by molar-refractivity contribution is 4.91. The molecule has 1 spiro atoms. The SMILES string of the molecule is C[C@H]1CCC2(CCNCC2)O1. The zero-order chi connectivity index (χ0) is 7.73. The van der Waals surface area contributed by atoms with Crippen molar-refractivity contribution in [1.82, 2.24) is 5.32 Å². The van der Waals surface area contributed by atoms with E-state index < -0.39 is 0 Å². The second-order valence-corrected chi connectivity index (χ2v) is 3.90. The minimum atomic E-state index is 0.282. The van der Waals surface area contributed by atoms with Crippen LogP contribution in [0.15, 0.2) is 0 Å². The normalized spacial score (nSPS) is 36.3. The van der Waals surface area contributed by atoms with E-state index in [-0.39, 0.29) is 5.60 Å². The van der Waals surface area contributed by atoms with E-state index in [1.807, 2.05) is 0 Å². The van der Waals surface area contributed by atoms with Crippen LogP contribution in [0.5, 0.6) is 0 Å². The summed E-state index contributed by atoms with van der Waals surface area (Å²) < 4.78 is 5.95. The summed E-state index contributed by atoms with van der Waals surface area (Å²) in [6.07, 6.45) is 5.50. The lowest BCUT2D eigenvalue weighted by Crippen LogP contribution is -2.41. The van der Waals surface area contributed by atoms with Crippen molar-refractivity contribution in [3.8, 4) is 0 Å². The lowest BCUT2D eigenvalue weighted by atomic mass is 9.89. The molecule has 0 aromatic rings. The van der Waals surface area contributed by atoms with Crippen LogP contribution in [-0.2, 0) is 4.74 Å². The molecule has 0 aliphatic carbocycles. The van der Waals surface area contributed by atoms with Gasteiger partial charge in [0.15, 0.2) is 0 Å². The molecule has 2 saturated heterocycles. The van der Waals surface area contributed by atoms with Gasteiger partial charge in [0.2, 0.25) is 0 Å². The summed E-state index contributed by atoms with van der Waals surface area (Å²) in [7, 11) is 0. The summed E-state index contributed by atoms with van der Waals surface area (Å²) >= 11 is 0. The Morgan fingerprint density at radius 2 is 2.00 bits per heavy atom. The lowest BCUT2D eigenvalue weighted by molar-refractivity contribution is -0.0526. The second-order valence-electron chi connectivity index (χ2n) is 3.90. The highest BCUT2D eigenvalue weighted by atomic mass is 16.5. The van der Waals surface area contributed by atoms with Gasteiger partial charge in [0.05, 0.1) is 11.7 Å². The van der Waals surface area contributed by atoms with Crippen LogP contribution < -0.4 is 5.32 Å². The zero-order valence-corrected chi connectivity index (χ0v) is 7.23. The van der Waals surface area contributed by atoms with Gasteiger partial charge in [-0.05, 0) is 45.7 Å². The molecule has 2 heteroatoms. The minimum absolute atomic E-state index is 0.282. The van der Waals surface area contributed by atoms with E-state index >= 15 is 0 Å². The third kappa shape index (κ3) is 1.42. The largest absolute Gasteiger partial charge is 0.372 e. The van der Waals surface area contributed by atoms with Crippen LogP contribution in [0.25, 0.3) is 0 Å². The van der Waals surface area contributed by atoms with Gasteiger partial charge >= 0.3 is 0 Å². The first-order valence-electron chi connectivity index (χ1n) is 4.69. The molecule has 64 valence electrons. The summed E-state index contributed by atoms with van der Waals surface area (Å²) in [5.41, 5.74) is 0.282. The Morgan fingerprint density at radius 1 is 1.27 bits per heavy atom. The van der Waals surface area contributed by atoms with Crippen LogP contribution in [0.2, 0.25) is 0 Å². The maximum atomic E-state index is 5.95. The van der Waals surface area contributed by atoms with Gasteiger partial charge in [0.25, 0.3) is 0 Å². The molecule has 2 nitrogen and oxygen atoms in total. The molecule has 2 heterocycles. The predicted molar refractivity (Wildman–Crippen MR) is 44.6 cm³/mol. The molecule has 0 unspecified atom stereocenters. The maximum Gasteiger partial charge on any atom is 0.0711 e. The molecule has 2 fully saturated rings. The van der Waals surface area contributed by atoms with E-state index in [1.165, 1.54) is 25.7 Å². The molecule has 2 aliphatic heterocycles. The fraction of sp³-hybridized carbons (Fsp3) is 1.00. The molecule has 0 aromatic carbocycles. The van der Waals surface area contributed by atoms with Crippen molar-refractivity contribution in [2.75, 3.05) is 13.1 Å². The molecule has 11 heavy (non-hydrogen) atoms. The van der Waals surface area contributed by atoms with Crippen molar-refractivity contribution in [2.45, 2.75) is 44.3 Å². The number of rotatable bonds is 0. The quantitative estimate of drug-likeness (QED) is 0.569. The molecule has 0 aromatic heterocycles. The van der Waals surface area contributed by atoms with Crippen molar-refractivity contribution in [3.63, 3.8) is 0 Å². The minimum Gasteiger partial charge on any atom is -0.372 e. The van der Waals surface area contributed by atoms with E-state index in [0.717, 1.165) is 13.1 Å². The second kappa shape index (κ2) is 2.76. The van der Waals surface area contributed by atoms with Gasteiger partial charge < -0.3 is 10.1 Å². The van der Waals surface area contributed by atoms with Crippen molar-refractivity contribution in [3.05, 3.63) is 0 Å². The average molecular weight is 155 g/mol. The molecule has 2 aliphatic rings. The van der Waals surface area contributed by atoms with Gasteiger partial charge in [-0.15, -0.1) is 0 Å². The topological polar surface area (TPSA) is 21.3 Å². The number of piperidine rings is 1. The molecule has 1 atom stereocenters. The Balaban J connectivity index is 1.98. The first kappa shape index (κ1) is 7.56. The Kier molecular flexibility index (Phi) is 1.90. The molecule has 2 rings (SSSR count). The Hall–Kier alpha value is -0.0800. The van der Waals surface area contributed by atoms with Crippen LogP contribution >= 0.6 is 0 Å². The van der Waals surface area contributed by atoms with Crippen LogP contribution in [0.3, 0.4) is 0 Å². The fourth-order valence-corrected chi connectivity index (χ4v) is 2.26. The van der Waals surface area contributed by atoms with Crippen molar-refractivity contribution < 1.29 is 4.74 Å². The zero-order valence-electron chi connectivity index (χ0n) is 7.23. The molecule has 1 N–H and O–H groups in total. The van der Waals surface area contributed by atoms with Gasteiger partial charge in [0, 0.05) is 0 Å². The summed E-state index contributed by atoms with van der Waals surface area (Å²) in [4.78, 5) is 0. The van der Waals surface area contributed by atoms with Gasteiger partial charge in [-0.3, -0.25) is 0 Å². The van der Waals surface area contributed by atoms with Gasteiger partial charge in [-0.2, -0.15) is 0 Å². The first-order chi connectivity index (χ1) is 5.31. The highest BCUT2D eigenvalue weighted by Gasteiger charge is 2.38. The number of hydrogen-bond donors (Lipinski definition) is 1. The highest BCUT2D eigenvalue weighted by Crippen LogP contribution is 2.36. The first-order valence-corrected chi connectivity index (χ1v) is 4.69. The Morgan fingerprint density at radius 3 is 2.55 bits per heavy atom. The fourth-order valence-electron chi connectivity index (χ4n) is 2.26. The molecule has 0 radical (unpaired) electrons. The molecular formula is C9H17NO. The van der Waals surface area contributed by atoms with Gasteiger partial charge in [-0.1, -0.05) is 0 Å². The van der Waals surface area contributed by atoms with Crippen molar-refractivity contribution >= 4 is 0 Å². The smallest absolute Gasteiger partial charge is 0.0711 e. The molecule has 0 bridgehead atoms. The monoisotopic (exact) mass is 155 g/mol. The third-order valence-electron chi connectivity index (χ3n) is 2.97. The summed E-state index contributed by atoms with van der Waals surface area (Å²) in [5, 5.41) is 3.37. The molecule has 0 saturated carbocycles. The van der Waals surface area contributed by atoms with Crippen molar-refractivity contribution in [1.29, 1.82) is 0 Å². The van der Waals surface area contributed by atoms with E-state index in [4.69, 9.17) is 4.74 Å². The summed E-state index contributed by atoms with van der Waals surface area (Å²) in [6, 6.07) is 0. The molecule has 0 amide bonds. The van der Waals surface area contributed by atoms with Crippen LogP contribution in [-0.4, -0.2) is 24.8 Å². The number of hydrogen-bond acceptors (Lipinski definition) is 2. The van der Waals surface area contributed by atoms with Gasteiger partial charge in [0.1, 0.15) is 0 Å². The van der Waals surface area contributed by atoms with E-state index in [2.05, 4.69) is 12.2 Å². The summed E-state index contributed by atoms with van der Waals surface area (Å²) in [5.74, 6) is 0. The van der Waals surface area contributed by atoms with Crippen LogP contribution in [0, 0.1) is 0 Å². The lowest BCUT2D eigenvalue weighted by Gasteiger charge is -2.33. The summed E-state index contributed by atoms with van der Waals surface area (Å²) in [6.45, 7) is 4.48. The third-order valence-corrected chi connectivity index (χ3v) is 2.97. The Bertz CT molecular complexity index is 135. The molecular weight excluding hydrogens is 138 g/mol. The predicted octanol–water partition coefficient (Wildman–Crippen LogP) is 1.31.